The van der Waals surface area contributed by atoms with Gasteiger partial charge in [0.2, 0.25) is 0 Å². The van der Waals surface area contributed by atoms with Gasteiger partial charge in [-0.2, -0.15) is 0 Å². The molecule has 2 aromatic carbocycles. The zero-order valence-corrected chi connectivity index (χ0v) is 52.0. The highest BCUT2D eigenvalue weighted by molar-refractivity contribution is 6.04. The molecule has 0 saturated heterocycles. The molecule has 0 bridgehead atoms. The number of rotatable bonds is 50. The van der Waals surface area contributed by atoms with Gasteiger partial charge >= 0.3 is 0 Å². The molecule has 0 fully saturated rings. The van der Waals surface area contributed by atoms with E-state index < -0.39 is 0 Å². The molecule has 0 radical (unpaired) electrons. The van der Waals surface area contributed by atoms with Crippen molar-refractivity contribution in [3.63, 3.8) is 0 Å². The number of unbranched alkanes of at least 4 members (excludes halogenated alkanes) is 36. The van der Waals surface area contributed by atoms with Crippen LogP contribution in [-0.2, 0) is 0 Å². The molecule has 6 nitrogen and oxygen atoms in total. The lowest BCUT2D eigenvalue weighted by molar-refractivity contribution is 0.0668. The zero-order chi connectivity index (χ0) is 55.3. The lowest BCUT2D eigenvalue weighted by Crippen LogP contribution is -2.25. The van der Waals surface area contributed by atoms with Gasteiger partial charge in [-0.25, -0.2) is 0 Å². The molecule has 4 rings (SSSR count). The number of aromatic nitrogens is 2. The van der Waals surface area contributed by atoms with Crippen LogP contribution in [0.4, 0.5) is 0 Å². The van der Waals surface area contributed by atoms with Gasteiger partial charge in [0.25, 0.3) is 11.8 Å². The quantitative estimate of drug-likeness (QED) is 0.0326. The van der Waals surface area contributed by atoms with Crippen LogP contribution in [0.5, 0.6) is 0 Å². The second-order valence-electron chi connectivity index (χ2n) is 25.1. The fraction of sp³-hybridized carbons (Fsp3) is 0.803. The summed E-state index contributed by atoms with van der Waals surface area (Å²) in [5, 5.41) is 0. The first kappa shape index (κ1) is 66.5. The van der Waals surface area contributed by atoms with E-state index in [2.05, 4.69) is 79.7 Å². The number of nitrogens with zero attached hydrogens (tertiary/aromatic N) is 2. The molecule has 77 heavy (non-hydrogen) atoms. The average molecular weight is 1070 g/mol. The molecular formula is C71H122N2O4. The largest absolute Gasteiger partial charge is 0.369 e. The minimum Gasteiger partial charge on any atom is -0.369 e. The topological polar surface area (TPSA) is 70.3 Å². The van der Waals surface area contributed by atoms with Crippen molar-refractivity contribution in [3.8, 4) is 0 Å². The van der Waals surface area contributed by atoms with Gasteiger partial charge in [-0.15, -0.1) is 9.48 Å². The summed E-state index contributed by atoms with van der Waals surface area (Å²) in [6.45, 7) is 18.7. The molecule has 0 aliphatic heterocycles. The Morgan fingerprint density at radius 2 is 0.545 bits per heavy atom. The second-order valence-corrected chi connectivity index (χ2v) is 25.1. The number of benzene rings is 2. The van der Waals surface area contributed by atoms with Crippen LogP contribution < -0.4 is 0 Å². The van der Waals surface area contributed by atoms with E-state index in [1.54, 1.807) is 0 Å². The number of hydrogen-bond donors (Lipinski definition) is 0. The Morgan fingerprint density at radius 1 is 0.325 bits per heavy atom. The van der Waals surface area contributed by atoms with E-state index in [1.165, 1.54) is 301 Å². The summed E-state index contributed by atoms with van der Waals surface area (Å²) in [6, 6.07) is 8.71. The summed E-state index contributed by atoms with van der Waals surface area (Å²) >= 11 is 0. The Kier molecular flexibility index (Phi) is 35.4. The molecular weight excluding hydrogens is 945 g/mol. The fourth-order valence-corrected chi connectivity index (χ4v) is 12.8. The maximum Gasteiger partial charge on any atom is 0.269 e. The van der Waals surface area contributed by atoms with E-state index in [-0.39, 0.29) is 18.2 Å². The summed E-state index contributed by atoms with van der Waals surface area (Å²) < 4.78 is 15.6. The van der Waals surface area contributed by atoms with E-state index >= 15 is 0 Å². The van der Waals surface area contributed by atoms with Crippen molar-refractivity contribution < 1.29 is 18.6 Å². The minimum absolute atomic E-state index is 0.306. The van der Waals surface area contributed by atoms with Gasteiger partial charge in [0.1, 0.15) is 17.5 Å². The predicted octanol–water partition coefficient (Wildman–Crippen LogP) is 24.8. The summed E-state index contributed by atoms with van der Waals surface area (Å²) in [5.74, 6) is 0.828. The van der Waals surface area contributed by atoms with Gasteiger partial charge in [-0.1, -0.05) is 324 Å². The van der Waals surface area contributed by atoms with E-state index in [1.807, 2.05) is 0 Å². The van der Waals surface area contributed by atoms with E-state index in [9.17, 15) is 9.59 Å². The molecule has 0 saturated carbocycles. The summed E-state index contributed by atoms with van der Waals surface area (Å²) in [6.07, 6.45) is 57.9. The molecule has 440 valence electrons. The number of carbonyl (C=O) groups excluding carboxylic acids is 2. The Balaban J connectivity index is 1.43. The first-order chi connectivity index (χ1) is 37.7. The summed E-state index contributed by atoms with van der Waals surface area (Å²) in [4.78, 5) is 28.1. The third kappa shape index (κ3) is 24.3. The van der Waals surface area contributed by atoms with Crippen molar-refractivity contribution >= 4 is 34.0 Å². The maximum absolute atomic E-state index is 14.1. The molecule has 2 heterocycles. The van der Waals surface area contributed by atoms with Crippen molar-refractivity contribution in [2.45, 2.75) is 368 Å². The normalized spacial score (nSPS) is 13.6. The van der Waals surface area contributed by atoms with E-state index in [0.29, 0.717) is 23.7 Å². The smallest absolute Gasteiger partial charge is 0.269 e. The Morgan fingerprint density at radius 3 is 0.792 bits per heavy atom. The van der Waals surface area contributed by atoms with E-state index in [0.717, 1.165) is 35.0 Å². The number of hydrogen-bond acceptors (Lipinski definition) is 4. The number of carbonyl (C=O) groups is 2. The van der Waals surface area contributed by atoms with Crippen LogP contribution in [0.3, 0.4) is 0 Å². The van der Waals surface area contributed by atoms with Crippen molar-refractivity contribution in [3.05, 3.63) is 46.5 Å². The highest BCUT2D eigenvalue weighted by Gasteiger charge is 2.30. The van der Waals surface area contributed by atoms with Crippen molar-refractivity contribution in [1.29, 1.82) is 0 Å². The monoisotopic (exact) mass is 1070 g/mol. The highest BCUT2D eigenvalue weighted by atomic mass is 16.5. The lowest BCUT2D eigenvalue weighted by atomic mass is 9.83. The van der Waals surface area contributed by atoms with Gasteiger partial charge in [-0.05, 0) is 72.6 Å². The van der Waals surface area contributed by atoms with Gasteiger partial charge < -0.3 is 9.05 Å². The minimum atomic E-state index is -0.338. The van der Waals surface area contributed by atoms with E-state index in [4.69, 9.17) is 9.05 Å². The summed E-state index contributed by atoms with van der Waals surface area (Å²) in [5.41, 5.74) is 8.63. The standard InChI is InChI=1S/C71H122N2O4/c1-9-13-17-21-25-29-33-37-41-45-49-58(5)62-53-55-64-70(68(62)60(7)51-47-43-39-35-31-27-23-19-15-11-3)76-72(64)66(74)57-67(75)73-65-56-54-63(59(6)50-46-42-38-34-30-26-22-18-14-10-2)69(71(65)77-73)61(8)52-48-44-40-36-32-28-24-20-16-12-4/h53-56,58-61H,9-52,57H2,1-8H3. The van der Waals surface area contributed by atoms with Crippen molar-refractivity contribution in [1.82, 2.24) is 9.48 Å². The molecule has 2 aromatic heterocycles. The van der Waals surface area contributed by atoms with Crippen molar-refractivity contribution in [2.24, 2.45) is 0 Å². The zero-order valence-electron chi connectivity index (χ0n) is 52.0. The van der Waals surface area contributed by atoms with Crippen LogP contribution >= 0.6 is 0 Å². The Labute approximate surface area is 474 Å². The van der Waals surface area contributed by atoms with Gasteiger partial charge in [0, 0.05) is 11.1 Å². The van der Waals surface area contributed by atoms with Gasteiger partial charge in [-0.3, -0.25) is 9.59 Å². The second kappa shape index (κ2) is 41.0. The Hall–Kier alpha value is -3.02. The molecule has 4 atom stereocenters. The van der Waals surface area contributed by atoms with Crippen molar-refractivity contribution in [2.75, 3.05) is 0 Å². The first-order valence-corrected chi connectivity index (χ1v) is 34.0. The molecule has 0 aliphatic carbocycles. The molecule has 6 heteroatoms. The van der Waals surface area contributed by atoms with Gasteiger partial charge in [0.15, 0.2) is 11.2 Å². The van der Waals surface area contributed by atoms with Crippen LogP contribution in [0.1, 0.15) is 400 Å². The predicted molar refractivity (Wildman–Crippen MR) is 334 cm³/mol. The molecule has 0 N–H and O–H groups in total. The third-order valence-corrected chi connectivity index (χ3v) is 18.0. The van der Waals surface area contributed by atoms with Crippen LogP contribution in [-0.4, -0.2) is 21.3 Å². The van der Waals surface area contributed by atoms with Crippen LogP contribution in [0, 0.1) is 0 Å². The van der Waals surface area contributed by atoms with Gasteiger partial charge in [0.05, 0.1) is 0 Å². The Bertz CT molecular complexity index is 1950. The average Bonchev–Trinajstić information content (AvgIpc) is 3.48. The molecule has 0 amide bonds. The SMILES string of the molecule is CCCCCCCCCCCCC(C)c1ccc2c(on2C(=O)CC(=O)n2oc3c(C(C)CCCCCCCCCCCC)c(C(C)CCCCCCCCCCCC)ccc32)c1C(C)CCCCCCCCCCCC. The molecule has 0 aliphatic rings. The molecule has 0 spiro atoms. The third-order valence-electron chi connectivity index (χ3n) is 18.0. The maximum atomic E-state index is 14.1. The molecule has 4 aromatic rings. The first-order valence-electron chi connectivity index (χ1n) is 34.0. The van der Waals surface area contributed by atoms with Crippen LogP contribution in [0.15, 0.2) is 33.3 Å². The summed E-state index contributed by atoms with van der Waals surface area (Å²) in [7, 11) is 0. The number of fused-ring (bicyclic) bond motifs is 2. The molecule has 4 unspecified atom stereocenters. The van der Waals surface area contributed by atoms with Crippen LogP contribution in [0.2, 0.25) is 0 Å². The van der Waals surface area contributed by atoms with Crippen LogP contribution in [0.25, 0.3) is 22.2 Å². The fourth-order valence-electron chi connectivity index (χ4n) is 12.8. The highest BCUT2D eigenvalue weighted by Crippen LogP contribution is 2.41. The lowest BCUT2D eigenvalue weighted by Gasteiger charge is -2.26.